The highest BCUT2D eigenvalue weighted by Gasteiger charge is 2.52. The average molecular weight is 772 g/mol. The van der Waals surface area contributed by atoms with Crippen molar-refractivity contribution >= 4 is 64.1 Å². The molecule has 5 atom stereocenters. The molecule has 2 N–H and O–H groups in total. The van der Waals surface area contributed by atoms with Crippen LogP contribution in [0, 0.1) is 6.92 Å². The molecule has 4 rings (SSSR count). The normalized spacial score (nSPS) is 19.3. The van der Waals surface area contributed by atoms with Crippen LogP contribution in [0.15, 0.2) is 42.5 Å². The van der Waals surface area contributed by atoms with Crippen molar-refractivity contribution in [2.45, 2.75) is 84.5 Å². The van der Waals surface area contributed by atoms with Gasteiger partial charge in [0.15, 0.2) is 12.2 Å². The quantitative estimate of drug-likeness (QED) is 0.138. The lowest BCUT2D eigenvalue weighted by Crippen LogP contribution is -2.67. The number of carbonyl (C=O) groups is 7. The van der Waals surface area contributed by atoms with Gasteiger partial charge in [0.25, 0.3) is 5.91 Å². The summed E-state index contributed by atoms with van der Waals surface area (Å²) in [5.41, 5.74) is 2.17. The van der Waals surface area contributed by atoms with E-state index >= 15 is 0 Å². The third-order valence-electron chi connectivity index (χ3n) is 8.39. The van der Waals surface area contributed by atoms with Crippen molar-refractivity contribution in [2.24, 2.45) is 0 Å². The molecule has 2 heterocycles. The number of ether oxygens (including phenoxy) is 6. The first-order valence-electron chi connectivity index (χ1n) is 16.9. The van der Waals surface area contributed by atoms with Crippen LogP contribution >= 0.6 is 11.6 Å². The molecule has 17 heteroatoms. The van der Waals surface area contributed by atoms with Crippen molar-refractivity contribution < 1.29 is 62.0 Å². The maximum absolute atomic E-state index is 13.6. The first kappa shape index (κ1) is 41.3. The Labute approximate surface area is 315 Å². The van der Waals surface area contributed by atoms with Gasteiger partial charge >= 0.3 is 23.9 Å². The SMILES string of the molecule is COc1ccc2c(c1)c(CC(=O)NCCCC(=O)N[C@H]1[C@H](OC(C)=O)O[C@H](COC(C)=O)[C@@H](OC(C)=O)[C@@H]1OC(C)=O)c(C)n2C(=O)c1ccc(Cl)cc1. The average Bonchev–Trinajstić information content (AvgIpc) is 3.37. The third-order valence-corrected chi connectivity index (χ3v) is 8.64. The van der Waals surface area contributed by atoms with Crippen LogP contribution in [0.5, 0.6) is 5.75 Å². The number of nitrogens with one attached hydrogen (secondary N) is 2. The van der Waals surface area contributed by atoms with Crippen LogP contribution in [0.3, 0.4) is 0 Å². The van der Waals surface area contributed by atoms with E-state index < -0.39 is 67.0 Å². The molecule has 2 amide bonds. The fourth-order valence-electron chi connectivity index (χ4n) is 6.07. The first-order chi connectivity index (χ1) is 25.6. The van der Waals surface area contributed by atoms with Gasteiger partial charge in [0.1, 0.15) is 24.5 Å². The van der Waals surface area contributed by atoms with Gasteiger partial charge < -0.3 is 39.1 Å². The lowest BCUT2D eigenvalue weighted by Gasteiger charge is -2.44. The van der Waals surface area contributed by atoms with Gasteiger partial charge in [-0.2, -0.15) is 0 Å². The van der Waals surface area contributed by atoms with Gasteiger partial charge in [-0.3, -0.25) is 38.1 Å². The summed E-state index contributed by atoms with van der Waals surface area (Å²) in [6.45, 7) is 5.82. The lowest BCUT2D eigenvalue weighted by molar-refractivity contribution is -0.271. The number of carbonyl (C=O) groups excluding carboxylic acids is 7. The van der Waals surface area contributed by atoms with E-state index in [-0.39, 0.29) is 37.6 Å². The molecule has 290 valence electrons. The van der Waals surface area contributed by atoms with Crippen LogP contribution in [-0.2, 0) is 58.9 Å². The highest BCUT2D eigenvalue weighted by atomic mass is 35.5. The number of methoxy groups -OCH3 is 1. The summed E-state index contributed by atoms with van der Waals surface area (Å²) in [7, 11) is 1.52. The fraction of sp³-hybridized carbons (Fsp3) is 0.432. The standard InChI is InChI=1S/C37H42ClN3O13/c1-19-27(28-16-26(49-6)13-14-29(28)41(19)36(48)24-9-11-25(38)12-10-24)17-32(47)39-15-7-8-31(46)40-33-35(52-22(4)44)34(51-21(3)43)30(18-50-20(2)42)54-37(33)53-23(5)45/h9-14,16,30,33-35,37H,7-8,15,17-18H2,1-6H3,(H,39,47)(H,40,46)/t30-,33-,34-,35-,37-/m1/s1. The number of nitrogens with zero attached hydrogens (tertiary/aromatic N) is 1. The Hall–Kier alpha value is -5.48. The van der Waals surface area contributed by atoms with Crippen LogP contribution < -0.4 is 15.4 Å². The maximum Gasteiger partial charge on any atom is 0.305 e. The summed E-state index contributed by atoms with van der Waals surface area (Å²) in [5, 5.41) is 6.57. The molecule has 54 heavy (non-hydrogen) atoms. The molecule has 1 aliphatic heterocycles. The van der Waals surface area contributed by atoms with Crippen molar-refractivity contribution in [3.63, 3.8) is 0 Å². The minimum Gasteiger partial charge on any atom is -0.497 e. The Bertz CT molecular complexity index is 1910. The summed E-state index contributed by atoms with van der Waals surface area (Å²) in [6, 6.07) is 10.4. The van der Waals surface area contributed by atoms with Crippen molar-refractivity contribution in [3.8, 4) is 5.75 Å². The van der Waals surface area contributed by atoms with Crippen molar-refractivity contribution in [2.75, 3.05) is 20.3 Å². The molecule has 0 radical (unpaired) electrons. The van der Waals surface area contributed by atoms with E-state index in [0.29, 0.717) is 38.5 Å². The number of esters is 4. The molecular formula is C37H42ClN3O13. The summed E-state index contributed by atoms with van der Waals surface area (Å²) in [6.07, 6.45) is -5.60. The molecule has 1 aromatic heterocycles. The molecular weight excluding hydrogens is 730 g/mol. The number of halogens is 1. The number of fused-ring (bicyclic) bond motifs is 1. The van der Waals surface area contributed by atoms with E-state index in [2.05, 4.69) is 10.6 Å². The molecule has 0 aliphatic carbocycles. The highest BCUT2D eigenvalue weighted by molar-refractivity contribution is 6.30. The fourth-order valence-corrected chi connectivity index (χ4v) is 6.20. The molecule has 16 nitrogen and oxygen atoms in total. The van der Waals surface area contributed by atoms with Gasteiger partial charge in [-0.1, -0.05) is 11.6 Å². The monoisotopic (exact) mass is 771 g/mol. The Morgan fingerprint density at radius 2 is 1.48 bits per heavy atom. The summed E-state index contributed by atoms with van der Waals surface area (Å²) in [4.78, 5) is 87.7. The molecule has 0 unspecified atom stereocenters. The Morgan fingerprint density at radius 3 is 2.09 bits per heavy atom. The summed E-state index contributed by atoms with van der Waals surface area (Å²) >= 11 is 6.02. The number of hydrogen-bond acceptors (Lipinski definition) is 13. The summed E-state index contributed by atoms with van der Waals surface area (Å²) < 4.78 is 33.9. The van der Waals surface area contributed by atoms with Crippen LogP contribution in [0.1, 0.15) is 62.2 Å². The molecule has 1 aliphatic rings. The van der Waals surface area contributed by atoms with Crippen molar-refractivity contribution in [1.82, 2.24) is 15.2 Å². The highest BCUT2D eigenvalue weighted by Crippen LogP contribution is 2.31. The molecule has 0 saturated carbocycles. The predicted octanol–water partition coefficient (Wildman–Crippen LogP) is 2.94. The number of amides is 2. The zero-order chi connectivity index (χ0) is 39.7. The van der Waals surface area contributed by atoms with Gasteiger partial charge in [0.2, 0.25) is 18.1 Å². The van der Waals surface area contributed by atoms with Crippen LogP contribution in [0.4, 0.5) is 0 Å². The molecule has 1 fully saturated rings. The smallest absolute Gasteiger partial charge is 0.305 e. The largest absolute Gasteiger partial charge is 0.497 e. The van der Waals surface area contributed by atoms with E-state index in [1.54, 1.807) is 49.4 Å². The van der Waals surface area contributed by atoms with E-state index in [1.165, 1.54) is 11.7 Å². The number of rotatable bonds is 14. The van der Waals surface area contributed by atoms with Gasteiger partial charge in [-0.15, -0.1) is 0 Å². The maximum atomic E-state index is 13.6. The zero-order valence-electron chi connectivity index (χ0n) is 30.6. The van der Waals surface area contributed by atoms with E-state index in [4.69, 9.17) is 40.0 Å². The number of hydrogen-bond donors (Lipinski definition) is 2. The molecule has 2 aromatic carbocycles. The molecule has 3 aromatic rings. The first-order valence-corrected chi connectivity index (χ1v) is 17.3. The Kier molecular flexibility index (Phi) is 14.2. The number of aromatic nitrogens is 1. The van der Waals surface area contributed by atoms with Gasteiger partial charge in [0.05, 0.1) is 19.0 Å². The van der Waals surface area contributed by atoms with E-state index in [9.17, 15) is 33.6 Å². The second-order valence-electron chi connectivity index (χ2n) is 12.4. The second kappa shape index (κ2) is 18.5. The summed E-state index contributed by atoms with van der Waals surface area (Å²) in [5.74, 6) is -3.79. The topological polar surface area (TPSA) is 204 Å². The second-order valence-corrected chi connectivity index (χ2v) is 12.9. The lowest BCUT2D eigenvalue weighted by atomic mass is 9.95. The van der Waals surface area contributed by atoms with Crippen LogP contribution in [-0.4, -0.2) is 97.1 Å². The van der Waals surface area contributed by atoms with Crippen LogP contribution in [0.2, 0.25) is 5.02 Å². The molecule has 0 bridgehead atoms. The van der Waals surface area contributed by atoms with Gasteiger partial charge in [0, 0.05) is 62.3 Å². The van der Waals surface area contributed by atoms with E-state index in [0.717, 1.165) is 27.7 Å². The van der Waals surface area contributed by atoms with Gasteiger partial charge in [-0.25, -0.2) is 0 Å². The predicted molar refractivity (Wildman–Crippen MR) is 190 cm³/mol. The van der Waals surface area contributed by atoms with Crippen molar-refractivity contribution in [1.29, 1.82) is 0 Å². The number of benzene rings is 2. The minimum atomic E-state index is -1.53. The Balaban J connectivity index is 1.45. The van der Waals surface area contributed by atoms with Crippen molar-refractivity contribution in [3.05, 3.63) is 64.3 Å². The molecule has 1 saturated heterocycles. The zero-order valence-corrected chi connectivity index (χ0v) is 31.4. The van der Waals surface area contributed by atoms with Gasteiger partial charge in [-0.05, 0) is 61.4 Å². The van der Waals surface area contributed by atoms with E-state index in [1.807, 2.05) is 0 Å². The third kappa shape index (κ3) is 10.6. The molecule has 0 spiro atoms. The van der Waals surface area contributed by atoms with Crippen LogP contribution in [0.25, 0.3) is 10.9 Å². The Morgan fingerprint density at radius 1 is 0.833 bits per heavy atom. The minimum absolute atomic E-state index is 0.0812.